The van der Waals surface area contributed by atoms with E-state index in [-0.39, 0.29) is 23.2 Å². The molecule has 0 saturated carbocycles. The van der Waals surface area contributed by atoms with E-state index in [4.69, 9.17) is 0 Å². The topological polar surface area (TPSA) is 29.1 Å². The number of halogens is 1. The van der Waals surface area contributed by atoms with E-state index < -0.39 is 0 Å². The Morgan fingerprint density at radius 2 is 1.88 bits per heavy atom. The predicted molar refractivity (Wildman–Crippen MR) is 93.8 cm³/mol. The van der Waals surface area contributed by atoms with Crippen molar-refractivity contribution in [1.29, 1.82) is 0 Å². The van der Waals surface area contributed by atoms with Crippen molar-refractivity contribution in [1.82, 2.24) is 5.32 Å². The first kappa shape index (κ1) is 15.7. The van der Waals surface area contributed by atoms with Gasteiger partial charge >= 0.3 is 0 Å². The monoisotopic (exact) mass is 341 g/mol. The lowest BCUT2D eigenvalue weighted by molar-refractivity contribution is -0.125. The normalized spacial score (nSPS) is 25.6. The average Bonchev–Trinajstić information content (AvgIpc) is 2.58. The van der Waals surface area contributed by atoms with Crippen LogP contribution in [0.1, 0.15) is 37.3 Å². The van der Waals surface area contributed by atoms with Crippen LogP contribution < -0.4 is 5.32 Å². The Balaban J connectivity index is 1.62. The molecule has 1 saturated heterocycles. The second-order valence-electron chi connectivity index (χ2n) is 6.95. The van der Waals surface area contributed by atoms with Crippen LogP contribution in [0.2, 0.25) is 0 Å². The van der Waals surface area contributed by atoms with Crippen LogP contribution in [0.15, 0.2) is 52.3 Å². The Morgan fingerprint density at radius 3 is 2.67 bits per heavy atom. The molecule has 0 spiro atoms. The maximum Gasteiger partial charge on any atom is 0.220 e. The number of rotatable bonds is 2. The smallest absolute Gasteiger partial charge is 0.220 e. The Morgan fingerprint density at radius 1 is 1.12 bits per heavy atom. The molecule has 2 nitrogen and oxygen atoms in total. The van der Waals surface area contributed by atoms with Gasteiger partial charge in [0.1, 0.15) is 5.82 Å². The molecule has 0 bridgehead atoms. The van der Waals surface area contributed by atoms with Gasteiger partial charge in [-0.15, -0.1) is 0 Å². The van der Waals surface area contributed by atoms with E-state index >= 15 is 0 Å². The highest BCUT2D eigenvalue weighted by Gasteiger charge is 2.43. The largest absolute Gasteiger partial charge is 0.352 e. The van der Waals surface area contributed by atoms with E-state index in [1.165, 1.54) is 28.2 Å². The molecule has 24 heavy (non-hydrogen) atoms. The zero-order valence-corrected chi connectivity index (χ0v) is 14.5. The standard InChI is InChI=1S/C20H20FNOS/c1-20-11-10-19(23)22-18(20)9-2-13-12-16(7-8-17(13)20)24-15-5-3-14(21)4-6-15/h3-8,12,18H,2,9-11H2,1H3,(H,22,23)/t18-,20-/m1/s1. The summed E-state index contributed by atoms with van der Waals surface area (Å²) in [6.07, 6.45) is 3.52. The number of carbonyl (C=O) groups excluding carboxylic acids is 1. The molecular formula is C20H20FNOS. The minimum absolute atomic E-state index is 0.0422. The maximum absolute atomic E-state index is 13.0. The first-order chi connectivity index (χ1) is 11.5. The van der Waals surface area contributed by atoms with Crippen LogP contribution in [0.5, 0.6) is 0 Å². The van der Waals surface area contributed by atoms with E-state index in [1.807, 2.05) is 12.1 Å². The van der Waals surface area contributed by atoms with Crippen molar-refractivity contribution in [3.63, 3.8) is 0 Å². The van der Waals surface area contributed by atoms with E-state index in [2.05, 4.69) is 30.4 Å². The van der Waals surface area contributed by atoms with Gasteiger partial charge < -0.3 is 5.32 Å². The van der Waals surface area contributed by atoms with Crippen LogP contribution in [-0.2, 0) is 16.6 Å². The summed E-state index contributed by atoms with van der Waals surface area (Å²) < 4.78 is 13.0. The van der Waals surface area contributed by atoms with Crippen molar-refractivity contribution in [3.8, 4) is 0 Å². The zero-order valence-electron chi connectivity index (χ0n) is 13.6. The summed E-state index contributed by atoms with van der Waals surface area (Å²) in [5, 5.41) is 3.18. The lowest BCUT2D eigenvalue weighted by Crippen LogP contribution is -2.55. The van der Waals surface area contributed by atoms with E-state index in [0.717, 1.165) is 24.2 Å². The number of aryl methyl sites for hydroxylation is 1. The number of hydrogen-bond acceptors (Lipinski definition) is 2. The third-order valence-electron chi connectivity index (χ3n) is 5.42. The fraction of sp³-hybridized carbons (Fsp3) is 0.350. The highest BCUT2D eigenvalue weighted by atomic mass is 32.2. The minimum atomic E-state index is -0.205. The van der Waals surface area contributed by atoms with Crippen molar-refractivity contribution in [2.75, 3.05) is 0 Å². The van der Waals surface area contributed by atoms with Crippen molar-refractivity contribution >= 4 is 17.7 Å². The highest BCUT2D eigenvalue weighted by Crippen LogP contribution is 2.44. The number of amides is 1. The third kappa shape index (κ3) is 2.73. The average molecular weight is 341 g/mol. The van der Waals surface area contributed by atoms with Gasteiger partial charge in [-0.3, -0.25) is 4.79 Å². The van der Waals surface area contributed by atoms with Gasteiger partial charge in [0.15, 0.2) is 0 Å². The summed E-state index contributed by atoms with van der Waals surface area (Å²) in [5.41, 5.74) is 2.81. The Labute approximate surface area is 145 Å². The van der Waals surface area contributed by atoms with Crippen LogP contribution in [-0.4, -0.2) is 11.9 Å². The number of carbonyl (C=O) groups is 1. The molecule has 1 heterocycles. The van der Waals surface area contributed by atoms with E-state index in [1.54, 1.807) is 11.8 Å². The van der Waals surface area contributed by atoms with Gasteiger partial charge in [0.2, 0.25) is 5.91 Å². The van der Waals surface area contributed by atoms with E-state index in [9.17, 15) is 9.18 Å². The van der Waals surface area contributed by atoms with Crippen LogP contribution in [0, 0.1) is 5.82 Å². The third-order valence-corrected chi connectivity index (χ3v) is 6.42. The van der Waals surface area contributed by atoms with Gasteiger partial charge in [0.05, 0.1) is 0 Å². The number of fused-ring (bicyclic) bond motifs is 3. The molecular weight excluding hydrogens is 321 g/mol. The Hall–Kier alpha value is -1.81. The molecule has 0 unspecified atom stereocenters. The van der Waals surface area contributed by atoms with Gasteiger partial charge in [0, 0.05) is 27.7 Å². The first-order valence-electron chi connectivity index (χ1n) is 8.41. The lowest BCUT2D eigenvalue weighted by Gasteiger charge is -2.46. The van der Waals surface area contributed by atoms with Crippen molar-refractivity contribution in [2.24, 2.45) is 0 Å². The lowest BCUT2D eigenvalue weighted by atomic mass is 9.64. The second kappa shape index (κ2) is 5.92. The van der Waals surface area contributed by atoms with Gasteiger partial charge in [-0.05, 0) is 66.8 Å². The molecule has 2 aromatic rings. The molecule has 1 amide bonds. The SMILES string of the molecule is C[C@]12CCC(=O)N[C@@H]1CCc1cc(Sc3ccc(F)cc3)ccc12. The molecule has 2 aromatic carbocycles. The molecule has 0 radical (unpaired) electrons. The van der Waals surface area contributed by atoms with Crippen LogP contribution in [0.4, 0.5) is 4.39 Å². The molecule has 1 aliphatic heterocycles. The maximum atomic E-state index is 13.0. The predicted octanol–water partition coefficient (Wildman–Crippen LogP) is 4.46. The molecule has 2 aliphatic rings. The van der Waals surface area contributed by atoms with Gasteiger partial charge in [-0.25, -0.2) is 4.39 Å². The second-order valence-corrected chi connectivity index (χ2v) is 8.10. The fourth-order valence-electron chi connectivity index (χ4n) is 4.02. The summed E-state index contributed by atoms with van der Waals surface area (Å²) >= 11 is 1.66. The van der Waals surface area contributed by atoms with Gasteiger partial charge in [-0.2, -0.15) is 0 Å². The van der Waals surface area contributed by atoms with Crippen molar-refractivity contribution < 1.29 is 9.18 Å². The first-order valence-corrected chi connectivity index (χ1v) is 9.22. The number of benzene rings is 2. The highest BCUT2D eigenvalue weighted by molar-refractivity contribution is 7.99. The van der Waals surface area contributed by atoms with Gasteiger partial charge in [-0.1, -0.05) is 24.8 Å². The summed E-state index contributed by atoms with van der Waals surface area (Å²) in [7, 11) is 0. The minimum Gasteiger partial charge on any atom is -0.352 e. The Kier molecular flexibility index (Phi) is 3.87. The summed E-state index contributed by atoms with van der Waals surface area (Å²) in [5.74, 6) is -0.0208. The number of hydrogen-bond donors (Lipinski definition) is 1. The quantitative estimate of drug-likeness (QED) is 0.874. The molecule has 1 N–H and O–H groups in total. The van der Waals surface area contributed by atoms with Crippen molar-refractivity contribution in [3.05, 3.63) is 59.4 Å². The van der Waals surface area contributed by atoms with Crippen LogP contribution >= 0.6 is 11.8 Å². The Bertz CT molecular complexity index is 789. The molecule has 2 atom stereocenters. The summed E-state index contributed by atoms with van der Waals surface area (Å²) in [6, 6.07) is 13.5. The molecule has 1 aliphatic carbocycles. The summed E-state index contributed by atoms with van der Waals surface area (Å²) in [4.78, 5) is 13.9. The molecule has 4 rings (SSSR count). The van der Waals surface area contributed by atoms with Crippen LogP contribution in [0.25, 0.3) is 0 Å². The van der Waals surface area contributed by atoms with Crippen molar-refractivity contribution in [2.45, 2.75) is 53.9 Å². The molecule has 0 aromatic heterocycles. The molecule has 1 fully saturated rings. The number of nitrogens with one attached hydrogen (secondary N) is 1. The number of piperidine rings is 1. The van der Waals surface area contributed by atoms with Crippen LogP contribution in [0.3, 0.4) is 0 Å². The zero-order chi connectivity index (χ0) is 16.7. The molecule has 4 heteroatoms. The molecule has 124 valence electrons. The summed E-state index contributed by atoms with van der Waals surface area (Å²) in [6.45, 7) is 2.28. The van der Waals surface area contributed by atoms with E-state index in [0.29, 0.717) is 6.42 Å². The fourth-order valence-corrected chi connectivity index (χ4v) is 4.90. The van der Waals surface area contributed by atoms with Gasteiger partial charge in [0.25, 0.3) is 0 Å².